The maximum atomic E-state index is 5.17. The highest BCUT2D eigenvalue weighted by Gasteiger charge is 2.36. The molecule has 0 aromatic carbocycles. The van der Waals surface area contributed by atoms with Crippen LogP contribution < -0.4 is 0 Å². The Labute approximate surface area is 82.8 Å². The van der Waals surface area contributed by atoms with Crippen LogP contribution in [-0.4, -0.2) is 38.2 Å². The van der Waals surface area contributed by atoms with E-state index in [1.807, 2.05) is 0 Å². The minimum Gasteiger partial charge on any atom is -0.367 e. The number of hydrogen-bond acceptors (Lipinski definition) is 3. The summed E-state index contributed by atoms with van der Waals surface area (Å²) < 4.78 is 15.5. The van der Waals surface area contributed by atoms with E-state index in [4.69, 9.17) is 13.3 Å². The molecule has 0 aliphatic heterocycles. The largest absolute Gasteiger partial charge is 0.590 e. The fourth-order valence-corrected chi connectivity index (χ4v) is 3.59. The van der Waals surface area contributed by atoms with Crippen LogP contribution in [0.2, 0.25) is 19.6 Å². The molecule has 13 heavy (non-hydrogen) atoms. The molecule has 0 bridgehead atoms. The van der Waals surface area contributed by atoms with Crippen LogP contribution >= 0.6 is 0 Å². The Morgan fingerprint density at radius 3 is 1.38 bits per heavy atom. The molecule has 0 aromatic heterocycles. The molecule has 0 fully saturated rings. The fourth-order valence-electron chi connectivity index (χ4n) is 0.667. The average molecular weight is 218 g/mol. The van der Waals surface area contributed by atoms with Gasteiger partial charge >= 0.3 is 8.80 Å². The van der Waals surface area contributed by atoms with Crippen LogP contribution in [0.4, 0.5) is 0 Å². The standard InChI is InChI=1S/C8H18O3Si2/c1-9-13(10-2,11-3)8-7-12(4,5)6/h1-6H3. The minimum atomic E-state index is -2.65. The van der Waals surface area contributed by atoms with Crippen molar-refractivity contribution in [2.45, 2.75) is 19.6 Å². The Morgan fingerprint density at radius 1 is 0.769 bits per heavy atom. The molecule has 0 atom stereocenters. The third-order valence-electron chi connectivity index (χ3n) is 1.40. The van der Waals surface area contributed by atoms with Gasteiger partial charge in [0.2, 0.25) is 0 Å². The van der Waals surface area contributed by atoms with Crippen LogP contribution in [-0.2, 0) is 13.3 Å². The van der Waals surface area contributed by atoms with Crippen LogP contribution in [0.25, 0.3) is 0 Å². The molecule has 0 aliphatic rings. The second kappa shape index (κ2) is 4.93. The van der Waals surface area contributed by atoms with Crippen molar-refractivity contribution in [3.63, 3.8) is 0 Å². The second-order valence-electron chi connectivity index (χ2n) is 3.67. The van der Waals surface area contributed by atoms with Crippen LogP contribution in [0.15, 0.2) is 0 Å². The van der Waals surface area contributed by atoms with Crippen molar-refractivity contribution in [2.75, 3.05) is 21.3 Å². The summed E-state index contributed by atoms with van der Waals surface area (Å²) in [6, 6.07) is 0. The summed E-state index contributed by atoms with van der Waals surface area (Å²) in [4.78, 5) is 0. The lowest BCUT2D eigenvalue weighted by atomic mass is 11.4. The first-order valence-electron chi connectivity index (χ1n) is 4.09. The first kappa shape index (κ1) is 12.9. The van der Waals surface area contributed by atoms with Gasteiger partial charge in [0.05, 0.1) is 0 Å². The molecule has 0 N–H and O–H groups in total. The third-order valence-corrected chi connectivity index (χ3v) is 4.57. The van der Waals surface area contributed by atoms with Crippen molar-refractivity contribution in [2.24, 2.45) is 0 Å². The van der Waals surface area contributed by atoms with E-state index in [1.165, 1.54) is 0 Å². The van der Waals surface area contributed by atoms with E-state index >= 15 is 0 Å². The summed E-state index contributed by atoms with van der Waals surface area (Å²) in [6.45, 7) is 6.50. The SMILES string of the molecule is CO[Si](C#C[Si](C)(C)C)(OC)OC. The molecule has 76 valence electrons. The Morgan fingerprint density at radius 2 is 1.15 bits per heavy atom. The fraction of sp³-hybridized carbons (Fsp3) is 0.750. The van der Waals surface area contributed by atoms with Gasteiger partial charge in [0.25, 0.3) is 0 Å². The summed E-state index contributed by atoms with van der Waals surface area (Å²) in [5.74, 6) is 0. The summed E-state index contributed by atoms with van der Waals surface area (Å²) in [7, 11) is 0.667. The summed E-state index contributed by atoms with van der Waals surface area (Å²) in [5, 5.41) is 0. The molecule has 3 nitrogen and oxygen atoms in total. The van der Waals surface area contributed by atoms with Gasteiger partial charge in [-0.2, -0.15) is 0 Å². The molecule has 0 aromatic rings. The smallest absolute Gasteiger partial charge is 0.367 e. The lowest BCUT2D eigenvalue weighted by Gasteiger charge is -2.18. The Hall–Kier alpha value is -0.126. The Bertz CT molecular complexity index is 199. The zero-order chi connectivity index (χ0) is 10.5. The average Bonchev–Trinajstić information content (AvgIpc) is 2.06. The quantitative estimate of drug-likeness (QED) is 0.528. The van der Waals surface area contributed by atoms with E-state index in [2.05, 4.69) is 30.7 Å². The normalized spacial score (nSPS) is 12.2. The van der Waals surface area contributed by atoms with Crippen molar-refractivity contribution < 1.29 is 13.3 Å². The molecule has 0 aliphatic carbocycles. The van der Waals surface area contributed by atoms with Crippen LogP contribution in [0.5, 0.6) is 0 Å². The van der Waals surface area contributed by atoms with Crippen LogP contribution in [0.1, 0.15) is 0 Å². The summed E-state index contributed by atoms with van der Waals surface area (Å²) >= 11 is 0. The second-order valence-corrected chi connectivity index (χ2v) is 11.0. The lowest BCUT2D eigenvalue weighted by Crippen LogP contribution is -2.42. The summed E-state index contributed by atoms with van der Waals surface area (Å²) in [6.07, 6.45) is 0. The molecule has 0 saturated heterocycles. The van der Waals surface area contributed by atoms with E-state index < -0.39 is 16.9 Å². The van der Waals surface area contributed by atoms with E-state index in [9.17, 15) is 0 Å². The summed E-state index contributed by atoms with van der Waals surface area (Å²) in [5.41, 5.74) is 6.20. The highest BCUT2D eigenvalue weighted by molar-refractivity contribution is 6.85. The highest BCUT2D eigenvalue weighted by Crippen LogP contribution is 2.05. The van der Waals surface area contributed by atoms with Gasteiger partial charge in [-0.3, -0.25) is 0 Å². The molecular weight excluding hydrogens is 200 g/mol. The molecule has 0 saturated carbocycles. The van der Waals surface area contributed by atoms with Gasteiger partial charge in [0.15, 0.2) is 0 Å². The maximum Gasteiger partial charge on any atom is 0.590 e. The van der Waals surface area contributed by atoms with Crippen molar-refractivity contribution in [3.05, 3.63) is 0 Å². The Kier molecular flexibility index (Phi) is 4.88. The highest BCUT2D eigenvalue weighted by atomic mass is 28.4. The van der Waals surface area contributed by atoms with E-state index in [0.717, 1.165) is 0 Å². The van der Waals surface area contributed by atoms with E-state index in [0.29, 0.717) is 0 Å². The number of rotatable bonds is 3. The van der Waals surface area contributed by atoms with Gasteiger partial charge in [-0.25, -0.2) is 0 Å². The topological polar surface area (TPSA) is 27.7 Å². The van der Waals surface area contributed by atoms with Crippen LogP contribution in [0.3, 0.4) is 0 Å². The lowest BCUT2D eigenvalue weighted by molar-refractivity contribution is 0.141. The van der Waals surface area contributed by atoms with Gasteiger partial charge in [-0.05, 0) is 5.54 Å². The predicted octanol–water partition coefficient (Wildman–Crippen LogP) is 1.28. The first-order chi connectivity index (χ1) is 5.89. The predicted molar refractivity (Wildman–Crippen MR) is 57.9 cm³/mol. The molecule has 0 unspecified atom stereocenters. The molecule has 0 amide bonds. The minimum absolute atomic E-state index is 1.38. The Balaban J connectivity index is 4.66. The van der Waals surface area contributed by atoms with Gasteiger partial charge < -0.3 is 13.3 Å². The molecule has 0 rings (SSSR count). The van der Waals surface area contributed by atoms with Gasteiger partial charge in [0.1, 0.15) is 8.07 Å². The maximum absolute atomic E-state index is 5.17. The zero-order valence-electron chi connectivity index (χ0n) is 9.22. The first-order valence-corrected chi connectivity index (χ1v) is 9.31. The molecule has 5 heteroatoms. The van der Waals surface area contributed by atoms with Crippen molar-refractivity contribution in [3.8, 4) is 11.1 Å². The van der Waals surface area contributed by atoms with Crippen LogP contribution in [0, 0.1) is 11.1 Å². The molecule has 0 radical (unpaired) electrons. The third kappa shape index (κ3) is 4.59. The van der Waals surface area contributed by atoms with Crippen molar-refractivity contribution >= 4 is 16.9 Å². The van der Waals surface area contributed by atoms with Gasteiger partial charge in [0, 0.05) is 21.3 Å². The number of hydrogen-bond donors (Lipinski definition) is 0. The van der Waals surface area contributed by atoms with Gasteiger partial charge in [-0.15, -0.1) is 5.54 Å². The zero-order valence-corrected chi connectivity index (χ0v) is 11.2. The van der Waals surface area contributed by atoms with Crippen molar-refractivity contribution in [1.29, 1.82) is 0 Å². The van der Waals surface area contributed by atoms with Crippen molar-refractivity contribution in [1.82, 2.24) is 0 Å². The molecule has 0 heterocycles. The molecular formula is C8H18O3Si2. The van der Waals surface area contributed by atoms with Gasteiger partial charge in [-0.1, -0.05) is 19.6 Å². The monoisotopic (exact) mass is 218 g/mol. The van der Waals surface area contributed by atoms with E-state index in [1.54, 1.807) is 21.3 Å². The van der Waals surface area contributed by atoms with E-state index in [-0.39, 0.29) is 0 Å². The molecule has 0 spiro atoms.